The average molecular weight is 398 g/mol. The summed E-state index contributed by atoms with van der Waals surface area (Å²) < 4.78 is 28.1. The highest BCUT2D eigenvalue weighted by Crippen LogP contribution is 2.31. The molecule has 1 aromatic carbocycles. The summed E-state index contributed by atoms with van der Waals surface area (Å²) in [5, 5.41) is 0. The van der Waals surface area contributed by atoms with E-state index in [4.69, 9.17) is 5.73 Å². The van der Waals surface area contributed by atoms with Gasteiger partial charge in [0.25, 0.3) is 0 Å². The van der Waals surface area contributed by atoms with Crippen molar-refractivity contribution >= 4 is 41.9 Å². The lowest BCUT2D eigenvalue weighted by atomic mass is 10.2. The first-order valence-electron chi connectivity index (χ1n) is 5.60. The summed E-state index contributed by atoms with van der Waals surface area (Å²) in [4.78, 5) is 0.222. The van der Waals surface area contributed by atoms with Crippen LogP contribution in [0.3, 0.4) is 0 Å². The van der Waals surface area contributed by atoms with E-state index in [2.05, 4.69) is 36.6 Å². The Balaban J connectivity index is 2.11. The third-order valence-electron chi connectivity index (χ3n) is 2.92. The molecule has 0 saturated heterocycles. The van der Waals surface area contributed by atoms with Crippen LogP contribution in [0.4, 0.5) is 0 Å². The summed E-state index contributed by atoms with van der Waals surface area (Å²) in [5.41, 5.74) is 5.88. The van der Waals surface area contributed by atoms with E-state index >= 15 is 0 Å². The normalized spacial score (nSPS) is 17.7. The van der Waals surface area contributed by atoms with Gasteiger partial charge in [-0.05, 0) is 52.9 Å². The van der Waals surface area contributed by atoms with Gasteiger partial charge in [0.2, 0.25) is 10.0 Å². The molecule has 0 bridgehead atoms. The fraction of sp³-hybridized carbons (Fsp3) is 0.455. The Kier molecular flexibility index (Phi) is 4.48. The molecule has 0 heterocycles. The predicted molar refractivity (Wildman–Crippen MR) is 77.7 cm³/mol. The van der Waals surface area contributed by atoms with Crippen LogP contribution in [-0.2, 0) is 10.0 Å². The molecule has 1 saturated carbocycles. The van der Waals surface area contributed by atoms with Crippen molar-refractivity contribution in [2.45, 2.75) is 23.8 Å². The largest absolute Gasteiger partial charge is 0.326 e. The molecule has 4 nitrogen and oxygen atoms in total. The van der Waals surface area contributed by atoms with Crippen LogP contribution in [0.25, 0.3) is 0 Å². The fourth-order valence-corrected chi connectivity index (χ4v) is 4.23. The van der Waals surface area contributed by atoms with E-state index < -0.39 is 10.0 Å². The lowest BCUT2D eigenvalue weighted by Crippen LogP contribution is -2.38. The third kappa shape index (κ3) is 3.54. The van der Waals surface area contributed by atoms with Crippen LogP contribution in [-0.4, -0.2) is 21.0 Å². The average Bonchev–Trinajstić information content (AvgIpc) is 3.13. The van der Waals surface area contributed by atoms with Gasteiger partial charge in [-0.2, -0.15) is 0 Å². The third-order valence-corrected chi connectivity index (χ3v) is 5.83. The molecule has 1 unspecified atom stereocenters. The number of hydrogen-bond acceptors (Lipinski definition) is 3. The molecule has 1 aromatic rings. The summed E-state index contributed by atoms with van der Waals surface area (Å²) in [6.45, 7) is 0.284. The molecule has 0 amide bonds. The van der Waals surface area contributed by atoms with E-state index in [-0.39, 0.29) is 17.5 Å². The van der Waals surface area contributed by atoms with Crippen LogP contribution in [0.2, 0.25) is 0 Å². The number of nitrogens with one attached hydrogen (secondary N) is 1. The number of halogens is 2. The lowest BCUT2D eigenvalue weighted by molar-refractivity contribution is 0.547. The van der Waals surface area contributed by atoms with Crippen molar-refractivity contribution in [1.82, 2.24) is 4.72 Å². The Morgan fingerprint density at radius 3 is 2.67 bits per heavy atom. The second kappa shape index (κ2) is 5.58. The Morgan fingerprint density at radius 1 is 1.39 bits per heavy atom. The molecule has 0 aromatic heterocycles. The molecule has 0 aliphatic heterocycles. The van der Waals surface area contributed by atoms with Gasteiger partial charge in [0.1, 0.15) is 0 Å². The molecular formula is C11H14Br2N2O2S. The zero-order valence-electron chi connectivity index (χ0n) is 9.57. The van der Waals surface area contributed by atoms with Gasteiger partial charge in [0, 0.05) is 21.5 Å². The van der Waals surface area contributed by atoms with Gasteiger partial charge in [0.15, 0.2) is 0 Å². The quantitative estimate of drug-likeness (QED) is 0.800. The molecule has 1 aliphatic rings. The molecule has 18 heavy (non-hydrogen) atoms. The maximum Gasteiger partial charge on any atom is 0.241 e. The van der Waals surface area contributed by atoms with Crippen molar-refractivity contribution in [3.05, 3.63) is 27.1 Å². The zero-order chi connectivity index (χ0) is 13.3. The van der Waals surface area contributed by atoms with Crippen LogP contribution < -0.4 is 10.5 Å². The highest BCUT2D eigenvalue weighted by molar-refractivity contribution is 9.11. The van der Waals surface area contributed by atoms with Crippen LogP contribution in [0.1, 0.15) is 12.8 Å². The summed E-state index contributed by atoms with van der Waals surface area (Å²) in [7, 11) is -3.52. The second-order valence-electron chi connectivity index (χ2n) is 4.43. The van der Waals surface area contributed by atoms with Crippen LogP contribution >= 0.6 is 31.9 Å². The first-order valence-corrected chi connectivity index (χ1v) is 8.67. The Morgan fingerprint density at radius 2 is 2.06 bits per heavy atom. The Bertz CT molecular complexity index is 544. The molecule has 7 heteroatoms. The van der Waals surface area contributed by atoms with Crippen molar-refractivity contribution in [1.29, 1.82) is 0 Å². The van der Waals surface area contributed by atoms with E-state index in [9.17, 15) is 8.42 Å². The van der Waals surface area contributed by atoms with Gasteiger partial charge in [-0.15, -0.1) is 0 Å². The van der Waals surface area contributed by atoms with Crippen molar-refractivity contribution in [2.24, 2.45) is 11.7 Å². The highest BCUT2D eigenvalue weighted by Gasteiger charge is 2.29. The van der Waals surface area contributed by atoms with Gasteiger partial charge in [-0.25, -0.2) is 13.1 Å². The van der Waals surface area contributed by atoms with Gasteiger partial charge in [-0.3, -0.25) is 0 Å². The minimum absolute atomic E-state index is 0.0919. The summed E-state index contributed by atoms with van der Waals surface area (Å²) in [6, 6.07) is 4.94. The second-order valence-corrected chi connectivity index (χ2v) is 7.93. The molecule has 1 atom stereocenters. The molecule has 3 N–H and O–H groups in total. The predicted octanol–water partition coefficient (Wildman–Crippen LogP) is 2.23. The number of nitrogens with two attached hydrogens (primary N) is 1. The minimum atomic E-state index is -3.52. The van der Waals surface area contributed by atoms with Crippen LogP contribution in [0.15, 0.2) is 32.0 Å². The zero-order valence-corrected chi connectivity index (χ0v) is 13.6. The molecule has 1 fully saturated rings. The summed E-state index contributed by atoms with van der Waals surface area (Å²) >= 11 is 6.51. The van der Waals surface area contributed by atoms with Gasteiger partial charge in [-0.1, -0.05) is 15.9 Å². The number of benzene rings is 1. The van der Waals surface area contributed by atoms with Crippen molar-refractivity contribution in [2.75, 3.05) is 6.54 Å². The maximum atomic E-state index is 12.1. The topological polar surface area (TPSA) is 72.2 Å². The highest BCUT2D eigenvalue weighted by atomic mass is 79.9. The van der Waals surface area contributed by atoms with Gasteiger partial charge >= 0.3 is 0 Å². The monoisotopic (exact) mass is 396 g/mol. The SMILES string of the molecule is NC(CNS(=O)(=O)c1cc(Br)ccc1Br)C1CC1. The fourth-order valence-electron chi connectivity index (χ4n) is 1.66. The summed E-state index contributed by atoms with van der Waals surface area (Å²) in [5.74, 6) is 0.471. The molecule has 0 radical (unpaired) electrons. The smallest absolute Gasteiger partial charge is 0.241 e. The van der Waals surface area contributed by atoms with Gasteiger partial charge in [0.05, 0.1) is 4.90 Å². The van der Waals surface area contributed by atoms with E-state index in [1.165, 1.54) is 0 Å². The number of hydrogen-bond donors (Lipinski definition) is 2. The molecule has 0 spiro atoms. The van der Waals surface area contributed by atoms with Crippen molar-refractivity contribution in [3.8, 4) is 0 Å². The van der Waals surface area contributed by atoms with Crippen molar-refractivity contribution < 1.29 is 8.42 Å². The maximum absolute atomic E-state index is 12.1. The molecule has 100 valence electrons. The van der Waals surface area contributed by atoms with Gasteiger partial charge < -0.3 is 5.73 Å². The van der Waals surface area contributed by atoms with E-state index in [0.717, 1.165) is 17.3 Å². The Labute approximate surface area is 124 Å². The lowest BCUT2D eigenvalue weighted by Gasteiger charge is -2.13. The molecule has 2 rings (SSSR count). The minimum Gasteiger partial charge on any atom is -0.326 e. The van der Waals surface area contributed by atoms with Crippen LogP contribution in [0, 0.1) is 5.92 Å². The molecular weight excluding hydrogens is 384 g/mol. The van der Waals surface area contributed by atoms with E-state index in [0.29, 0.717) is 10.4 Å². The standard InChI is InChI=1S/C11H14Br2N2O2S/c12-8-3-4-9(13)11(5-8)18(16,17)15-6-10(14)7-1-2-7/h3-5,7,10,15H,1-2,6,14H2. The van der Waals surface area contributed by atoms with E-state index in [1.54, 1.807) is 18.2 Å². The first-order chi connectivity index (χ1) is 8.40. The van der Waals surface area contributed by atoms with E-state index in [1.807, 2.05) is 0 Å². The summed E-state index contributed by atoms with van der Waals surface area (Å²) in [6.07, 6.45) is 2.20. The van der Waals surface area contributed by atoms with Crippen LogP contribution in [0.5, 0.6) is 0 Å². The first kappa shape index (κ1) is 14.5. The number of rotatable bonds is 5. The number of sulfonamides is 1. The van der Waals surface area contributed by atoms with Crippen molar-refractivity contribution in [3.63, 3.8) is 0 Å². The molecule has 1 aliphatic carbocycles. The Hall–Kier alpha value is 0.0500.